The molecule has 1 unspecified atom stereocenters. The highest BCUT2D eigenvalue weighted by Gasteiger charge is 2.23. The molecule has 1 aromatic heterocycles. The van der Waals surface area contributed by atoms with Crippen molar-refractivity contribution in [3.8, 4) is 5.75 Å². The number of benzene rings is 1. The SMILES string of the molecule is O=C(O)c1cnc(NC2COc3ccccc32)cn1. The molecule has 1 aliphatic rings. The standard InChI is InChI=1S/C13H11N3O3/c17-13(18)9-5-15-12(6-14-9)16-10-7-19-11-4-2-1-3-8(10)11/h1-6,10H,7H2,(H,15,16)(H,17,18). The topological polar surface area (TPSA) is 84.3 Å². The van der Waals surface area contributed by atoms with E-state index in [0.29, 0.717) is 12.4 Å². The number of aromatic nitrogens is 2. The summed E-state index contributed by atoms with van der Waals surface area (Å²) in [6.07, 6.45) is 2.64. The van der Waals surface area contributed by atoms with Crippen molar-refractivity contribution in [1.82, 2.24) is 9.97 Å². The molecule has 0 radical (unpaired) electrons. The van der Waals surface area contributed by atoms with E-state index >= 15 is 0 Å². The average Bonchev–Trinajstić information content (AvgIpc) is 2.83. The molecule has 0 aliphatic carbocycles. The third-order valence-electron chi connectivity index (χ3n) is 2.89. The molecule has 2 heterocycles. The highest BCUT2D eigenvalue weighted by molar-refractivity contribution is 5.84. The molecule has 96 valence electrons. The first-order chi connectivity index (χ1) is 9.24. The van der Waals surface area contributed by atoms with Crippen LogP contribution in [0.3, 0.4) is 0 Å². The van der Waals surface area contributed by atoms with Gasteiger partial charge in [-0.15, -0.1) is 0 Å². The molecule has 0 spiro atoms. The number of carbonyl (C=O) groups is 1. The van der Waals surface area contributed by atoms with Crippen molar-refractivity contribution in [2.45, 2.75) is 6.04 Å². The number of nitrogens with zero attached hydrogens (tertiary/aromatic N) is 2. The first-order valence-corrected chi connectivity index (χ1v) is 5.77. The van der Waals surface area contributed by atoms with Gasteiger partial charge < -0.3 is 15.2 Å². The second-order valence-corrected chi connectivity index (χ2v) is 4.14. The van der Waals surface area contributed by atoms with Crippen LogP contribution in [0.2, 0.25) is 0 Å². The van der Waals surface area contributed by atoms with Gasteiger partial charge in [-0.25, -0.2) is 14.8 Å². The van der Waals surface area contributed by atoms with Crippen LogP contribution in [-0.4, -0.2) is 27.7 Å². The van der Waals surface area contributed by atoms with Gasteiger partial charge in [0.25, 0.3) is 0 Å². The Balaban J connectivity index is 1.78. The van der Waals surface area contributed by atoms with E-state index in [-0.39, 0.29) is 11.7 Å². The number of ether oxygens (including phenoxy) is 1. The van der Waals surface area contributed by atoms with Crippen molar-refractivity contribution in [3.05, 3.63) is 47.9 Å². The summed E-state index contributed by atoms with van der Waals surface area (Å²) in [4.78, 5) is 18.5. The molecular formula is C13H11N3O3. The third-order valence-corrected chi connectivity index (χ3v) is 2.89. The quantitative estimate of drug-likeness (QED) is 0.871. The smallest absolute Gasteiger partial charge is 0.356 e. The monoisotopic (exact) mass is 257 g/mol. The molecule has 0 bridgehead atoms. The molecule has 19 heavy (non-hydrogen) atoms. The molecule has 0 saturated carbocycles. The molecule has 0 fully saturated rings. The fourth-order valence-corrected chi connectivity index (χ4v) is 1.97. The number of hydrogen-bond acceptors (Lipinski definition) is 5. The zero-order valence-corrected chi connectivity index (χ0v) is 9.91. The van der Waals surface area contributed by atoms with Gasteiger partial charge in [-0.05, 0) is 6.07 Å². The van der Waals surface area contributed by atoms with Crippen LogP contribution in [0.4, 0.5) is 5.82 Å². The number of carboxylic acids is 1. The fourth-order valence-electron chi connectivity index (χ4n) is 1.97. The minimum atomic E-state index is -1.09. The molecule has 6 heteroatoms. The lowest BCUT2D eigenvalue weighted by molar-refractivity contribution is 0.0690. The maximum absolute atomic E-state index is 10.7. The number of nitrogens with one attached hydrogen (secondary N) is 1. The molecule has 2 N–H and O–H groups in total. The van der Waals surface area contributed by atoms with Gasteiger partial charge in [0.05, 0.1) is 18.4 Å². The van der Waals surface area contributed by atoms with Gasteiger partial charge >= 0.3 is 5.97 Å². The number of aromatic carboxylic acids is 1. The molecule has 0 saturated heterocycles. The summed E-state index contributed by atoms with van der Waals surface area (Å²) in [7, 11) is 0. The van der Waals surface area contributed by atoms with E-state index < -0.39 is 5.97 Å². The first kappa shape index (κ1) is 11.5. The Labute approximate surface area is 109 Å². The highest BCUT2D eigenvalue weighted by Crippen LogP contribution is 2.33. The Kier molecular flexibility index (Phi) is 2.75. The van der Waals surface area contributed by atoms with Crippen molar-refractivity contribution in [1.29, 1.82) is 0 Å². The Bertz CT molecular complexity index is 613. The van der Waals surface area contributed by atoms with E-state index in [1.165, 1.54) is 12.4 Å². The molecule has 6 nitrogen and oxygen atoms in total. The van der Waals surface area contributed by atoms with Gasteiger partial charge in [-0.1, -0.05) is 18.2 Å². The van der Waals surface area contributed by atoms with E-state index in [1.807, 2.05) is 24.3 Å². The molecular weight excluding hydrogens is 246 g/mol. The van der Waals surface area contributed by atoms with Crippen molar-refractivity contribution in [2.75, 3.05) is 11.9 Å². The summed E-state index contributed by atoms with van der Waals surface area (Å²) >= 11 is 0. The van der Waals surface area contributed by atoms with Gasteiger partial charge in [0, 0.05) is 5.56 Å². The van der Waals surface area contributed by atoms with Crippen LogP contribution in [0.5, 0.6) is 5.75 Å². The zero-order chi connectivity index (χ0) is 13.2. The van der Waals surface area contributed by atoms with Crippen LogP contribution in [-0.2, 0) is 0 Å². The van der Waals surface area contributed by atoms with Gasteiger partial charge in [-0.3, -0.25) is 0 Å². The average molecular weight is 257 g/mol. The Morgan fingerprint density at radius 1 is 1.32 bits per heavy atom. The number of fused-ring (bicyclic) bond motifs is 1. The van der Waals surface area contributed by atoms with Crippen LogP contribution in [0.15, 0.2) is 36.7 Å². The van der Waals surface area contributed by atoms with E-state index in [9.17, 15) is 4.79 Å². The van der Waals surface area contributed by atoms with Gasteiger partial charge in [0.1, 0.15) is 18.2 Å². The minimum absolute atomic E-state index is 0.00109. The molecule has 1 aliphatic heterocycles. The normalized spacial score (nSPS) is 16.5. The maximum Gasteiger partial charge on any atom is 0.356 e. The van der Waals surface area contributed by atoms with Crippen LogP contribution < -0.4 is 10.1 Å². The maximum atomic E-state index is 10.7. The van der Waals surface area contributed by atoms with Gasteiger partial charge in [0.15, 0.2) is 5.69 Å². The third kappa shape index (κ3) is 2.20. The summed E-state index contributed by atoms with van der Waals surface area (Å²) < 4.78 is 5.54. The second-order valence-electron chi connectivity index (χ2n) is 4.14. The first-order valence-electron chi connectivity index (χ1n) is 5.77. The summed E-state index contributed by atoms with van der Waals surface area (Å²) in [5, 5.41) is 11.9. The number of carboxylic acid groups (broad SMARTS) is 1. The lowest BCUT2D eigenvalue weighted by Gasteiger charge is -2.11. The van der Waals surface area contributed by atoms with E-state index in [1.54, 1.807) is 0 Å². The van der Waals surface area contributed by atoms with Crippen molar-refractivity contribution in [2.24, 2.45) is 0 Å². The highest BCUT2D eigenvalue weighted by atomic mass is 16.5. The van der Waals surface area contributed by atoms with Crippen LogP contribution >= 0.6 is 0 Å². The molecule has 1 aromatic carbocycles. The Morgan fingerprint density at radius 2 is 2.16 bits per heavy atom. The largest absolute Gasteiger partial charge is 0.491 e. The Hall–Kier alpha value is -2.63. The minimum Gasteiger partial charge on any atom is -0.491 e. The van der Waals surface area contributed by atoms with E-state index in [0.717, 1.165) is 11.3 Å². The van der Waals surface area contributed by atoms with Crippen LogP contribution in [0, 0.1) is 0 Å². The summed E-state index contributed by atoms with van der Waals surface area (Å²) in [5.74, 6) is 0.291. The molecule has 0 amide bonds. The molecule has 2 aromatic rings. The van der Waals surface area contributed by atoms with Crippen LogP contribution in [0.1, 0.15) is 22.1 Å². The summed E-state index contributed by atoms with van der Waals surface area (Å²) in [5.41, 5.74) is 0.986. The number of para-hydroxylation sites is 1. The lowest BCUT2D eigenvalue weighted by atomic mass is 10.1. The number of hydrogen-bond donors (Lipinski definition) is 2. The van der Waals surface area contributed by atoms with Gasteiger partial charge in [0.2, 0.25) is 0 Å². The summed E-state index contributed by atoms with van der Waals surface area (Å²) in [6, 6.07) is 7.76. The van der Waals surface area contributed by atoms with Crippen molar-refractivity contribution < 1.29 is 14.6 Å². The van der Waals surface area contributed by atoms with E-state index in [2.05, 4.69) is 15.3 Å². The second kappa shape index (κ2) is 4.56. The van der Waals surface area contributed by atoms with Crippen LogP contribution in [0.25, 0.3) is 0 Å². The number of rotatable bonds is 3. The summed E-state index contributed by atoms with van der Waals surface area (Å²) in [6.45, 7) is 0.516. The van der Waals surface area contributed by atoms with Crippen molar-refractivity contribution in [3.63, 3.8) is 0 Å². The Morgan fingerprint density at radius 3 is 2.89 bits per heavy atom. The number of anilines is 1. The lowest BCUT2D eigenvalue weighted by Crippen LogP contribution is -2.13. The predicted molar refractivity (Wildman–Crippen MR) is 67.3 cm³/mol. The molecule has 3 rings (SSSR count). The predicted octanol–water partition coefficient (Wildman–Crippen LogP) is 1.72. The van der Waals surface area contributed by atoms with Gasteiger partial charge in [-0.2, -0.15) is 0 Å². The van der Waals surface area contributed by atoms with Crippen molar-refractivity contribution >= 4 is 11.8 Å². The molecule has 1 atom stereocenters. The zero-order valence-electron chi connectivity index (χ0n) is 9.91. The van der Waals surface area contributed by atoms with E-state index in [4.69, 9.17) is 9.84 Å². The fraction of sp³-hybridized carbons (Fsp3) is 0.154.